The zero-order chi connectivity index (χ0) is 14.2. The van der Waals surface area contributed by atoms with Crippen LogP contribution in [0, 0.1) is 0 Å². The Morgan fingerprint density at radius 1 is 1.40 bits per heavy atom. The summed E-state index contributed by atoms with van der Waals surface area (Å²) < 4.78 is 0. The average Bonchev–Trinajstić information content (AvgIpc) is 3.00. The summed E-state index contributed by atoms with van der Waals surface area (Å²) >= 11 is 1.89. The third kappa shape index (κ3) is 4.51. The predicted molar refractivity (Wildman–Crippen MR) is 88.1 cm³/mol. The maximum absolute atomic E-state index is 4.67. The van der Waals surface area contributed by atoms with E-state index in [9.17, 15) is 0 Å². The molecule has 0 spiro atoms. The summed E-state index contributed by atoms with van der Waals surface area (Å²) in [6.45, 7) is 6.47. The maximum Gasteiger partial charge on any atom is 0.159 e. The Morgan fingerprint density at radius 3 is 2.95 bits per heavy atom. The zero-order valence-corrected chi connectivity index (χ0v) is 13.4. The van der Waals surface area contributed by atoms with Gasteiger partial charge in [0.15, 0.2) is 5.17 Å². The normalized spacial score (nSPS) is 16.0. The van der Waals surface area contributed by atoms with E-state index in [-0.39, 0.29) is 0 Å². The van der Waals surface area contributed by atoms with Crippen molar-refractivity contribution in [2.45, 2.75) is 52.1 Å². The minimum Gasteiger partial charge on any atom is -0.344 e. The van der Waals surface area contributed by atoms with Gasteiger partial charge in [-0.3, -0.25) is 9.98 Å². The fourth-order valence-electron chi connectivity index (χ4n) is 2.44. The second-order valence-electron chi connectivity index (χ2n) is 5.35. The molecule has 1 aliphatic heterocycles. The van der Waals surface area contributed by atoms with E-state index >= 15 is 0 Å². The lowest BCUT2D eigenvalue weighted by Crippen LogP contribution is -2.36. The molecule has 110 valence electrons. The number of pyridine rings is 1. The van der Waals surface area contributed by atoms with Gasteiger partial charge >= 0.3 is 0 Å². The van der Waals surface area contributed by atoms with E-state index in [4.69, 9.17) is 0 Å². The Hall–Kier alpha value is -1.03. The number of hydrogen-bond acceptors (Lipinski definition) is 4. The summed E-state index contributed by atoms with van der Waals surface area (Å²) in [5.41, 5.74) is 1.27. The number of aliphatic imine (C=N–C) groups is 1. The highest BCUT2D eigenvalue weighted by Gasteiger charge is 2.21. The van der Waals surface area contributed by atoms with Gasteiger partial charge in [-0.15, -0.1) is 0 Å². The first kappa shape index (κ1) is 15.4. The summed E-state index contributed by atoms with van der Waals surface area (Å²) in [5.74, 6) is 1.13. The van der Waals surface area contributed by atoms with Gasteiger partial charge in [0, 0.05) is 30.7 Å². The van der Waals surface area contributed by atoms with E-state index in [2.05, 4.69) is 34.8 Å². The molecule has 0 N–H and O–H groups in total. The van der Waals surface area contributed by atoms with Crippen LogP contribution in [0.2, 0.25) is 0 Å². The Morgan fingerprint density at radius 2 is 2.30 bits per heavy atom. The smallest absolute Gasteiger partial charge is 0.159 e. The number of rotatable bonds is 7. The number of nitrogens with zero attached hydrogens (tertiary/aromatic N) is 3. The highest BCUT2D eigenvalue weighted by Crippen LogP contribution is 2.22. The number of unbranched alkanes of at least 4 members (excludes halogenated alkanes) is 2. The number of aromatic nitrogens is 1. The lowest BCUT2D eigenvalue weighted by Gasteiger charge is -2.30. The largest absolute Gasteiger partial charge is 0.344 e. The first-order valence-corrected chi connectivity index (χ1v) is 8.62. The van der Waals surface area contributed by atoms with Gasteiger partial charge in [-0.05, 0) is 25.0 Å². The highest BCUT2D eigenvalue weighted by atomic mass is 32.2. The van der Waals surface area contributed by atoms with Gasteiger partial charge in [-0.25, -0.2) is 0 Å². The molecular formula is C16H25N3S. The fraction of sp³-hybridized carbons (Fsp3) is 0.625. The van der Waals surface area contributed by atoms with Crippen LogP contribution >= 0.6 is 11.8 Å². The van der Waals surface area contributed by atoms with E-state index in [0.29, 0.717) is 6.04 Å². The van der Waals surface area contributed by atoms with Gasteiger partial charge in [-0.1, -0.05) is 44.0 Å². The summed E-state index contributed by atoms with van der Waals surface area (Å²) in [5, 5.41) is 1.22. The number of amidine groups is 1. The van der Waals surface area contributed by atoms with E-state index in [1.165, 1.54) is 36.4 Å². The first-order chi connectivity index (χ1) is 9.81. The van der Waals surface area contributed by atoms with Crippen molar-refractivity contribution in [2.24, 2.45) is 4.99 Å². The molecule has 1 atom stereocenters. The van der Waals surface area contributed by atoms with Crippen LogP contribution < -0.4 is 0 Å². The van der Waals surface area contributed by atoms with Gasteiger partial charge in [0.1, 0.15) is 0 Å². The molecule has 1 unspecified atom stereocenters. The van der Waals surface area contributed by atoms with E-state index in [1.54, 1.807) is 0 Å². The van der Waals surface area contributed by atoms with Gasteiger partial charge in [0.2, 0.25) is 0 Å². The van der Waals surface area contributed by atoms with Crippen LogP contribution in [0.5, 0.6) is 0 Å². The zero-order valence-electron chi connectivity index (χ0n) is 12.6. The molecule has 0 saturated heterocycles. The van der Waals surface area contributed by atoms with Crippen molar-refractivity contribution in [3.63, 3.8) is 0 Å². The van der Waals surface area contributed by atoms with E-state index < -0.39 is 0 Å². The van der Waals surface area contributed by atoms with Crippen LogP contribution in [0.3, 0.4) is 0 Å². The third-order valence-corrected chi connectivity index (χ3v) is 4.66. The Bertz CT molecular complexity index is 419. The lowest BCUT2D eigenvalue weighted by atomic mass is 10.1. The molecule has 1 aromatic rings. The van der Waals surface area contributed by atoms with Crippen LogP contribution in [0.4, 0.5) is 0 Å². The summed E-state index contributed by atoms with van der Waals surface area (Å²) in [6.07, 6.45) is 8.95. The van der Waals surface area contributed by atoms with Gasteiger partial charge in [0.05, 0.1) is 6.54 Å². The van der Waals surface area contributed by atoms with Crippen molar-refractivity contribution in [1.82, 2.24) is 9.88 Å². The molecule has 0 fully saturated rings. The molecule has 3 nitrogen and oxygen atoms in total. The molecule has 1 aromatic heterocycles. The van der Waals surface area contributed by atoms with Crippen molar-refractivity contribution in [3.8, 4) is 0 Å². The third-order valence-electron chi connectivity index (χ3n) is 3.65. The Kier molecular flexibility index (Phi) is 6.37. The van der Waals surface area contributed by atoms with Crippen LogP contribution in [0.1, 0.15) is 45.1 Å². The minimum atomic E-state index is 0.547. The summed E-state index contributed by atoms with van der Waals surface area (Å²) in [7, 11) is 0. The summed E-state index contributed by atoms with van der Waals surface area (Å²) in [4.78, 5) is 11.4. The van der Waals surface area contributed by atoms with Gasteiger partial charge in [-0.2, -0.15) is 0 Å². The highest BCUT2D eigenvalue weighted by molar-refractivity contribution is 8.14. The average molecular weight is 291 g/mol. The molecule has 4 heteroatoms. The van der Waals surface area contributed by atoms with Crippen molar-refractivity contribution < 1.29 is 0 Å². The molecule has 0 saturated carbocycles. The monoisotopic (exact) mass is 291 g/mol. The molecule has 1 aliphatic rings. The molecule has 0 bridgehead atoms. The molecule has 0 amide bonds. The lowest BCUT2D eigenvalue weighted by molar-refractivity contribution is 0.305. The van der Waals surface area contributed by atoms with Gasteiger partial charge in [0.25, 0.3) is 0 Å². The van der Waals surface area contributed by atoms with Crippen LogP contribution in [0.15, 0.2) is 29.5 Å². The second-order valence-corrected chi connectivity index (χ2v) is 6.41. The second kappa shape index (κ2) is 8.30. The van der Waals surface area contributed by atoms with Crippen LogP contribution in [0.25, 0.3) is 0 Å². The quantitative estimate of drug-likeness (QED) is 0.712. The van der Waals surface area contributed by atoms with Crippen molar-refractivity contribution in [3.05, 3.63) is 30.1 Å². The molecule has 2 rings (SSSR count). The Labute approximate surface area is 126 Å². The van der Waals surface area contributed by atoms with Crippen molar-refractivity contribution in [1.29, 1.82) is 0 Å². The minimum absolute atomic E-state index is 0.547. The predicted octanol–water partition coefficient (Wildman–Crippen LogP) is 3.96. The topological polar surface area (TPSA) is 28.5 Å². The van der Waals surface area contributed by atoms with Crippen LogP contribution in [-0.4, -0.2) is 33.4 Å². The Balaban J connectivity index is 2.00. The van der Waals surface area contributed by atoms with Gasteiger partial charge < -0.3 is 4.90 Å². The molecule has 0 radical (unpaired) electrons. The van der Waals surface area contributed by atoms with E-state index in [1.807, 2.05) is 30.2 Å². The molecular weight excluding hydrogens is 266 g/mol. The molecule has 0 aliphatic carbocycles. The van der Waals surface area contributed by atoms with E-state index in [0.717, 1.165) is 18.8 Å². The fourth-order valence-corrected chi connectivity index (χ4v) is 3.40. The first-order valence-electron chi connectivity index (χ1n) is 7.64. The number of hydrogen-bond donors (Lipinski definition) is 0. The number of thioether (sulfide) groups is 1. The van der Waals surface area contributed by atoms with Crippen molar-refractivity contribution >= 4 is 16.9 Å². The standard InChI is InChI=1S/C16H25N3S/c1-3-4-5-7-14(2)19(16-18-10-11-20-16)13-15-8-6-9-17-12-15/h6,8-9,12,14H,3-5,7,10-11,13H2,1-2H3. The maximum atomic E-state index is 4.67. The summed E-state index contributed by atoms with van der Waals surface area (Å²) in [6, 6.07) is 4.71. The van der Waals surface area contributed by atoms with Crippen LogP contribution in [-0.2, 0) is 6.54 Å². The molecule has 20 heavy (non-hydrogen) atoms. The SMILES string of the molecule is CCCCCC(C)N(Cc1cccnc1)C1=NCCS1. The molecule has 0 aromatic carbocycles. The molecule has 2 heterocycles. The van der Waals surface area contributed by atoms with Crippen molar-refractivity contribution in [2.75, 3.05) is 12.3 Å².